The van der Waals surface area contributed by atoms with Crippen LogP contribution in [0.2, 0.25) is 0 Å². The Bertz CT molecular complexity index is 1140. The third-order valence-corrected chi connectivity index (χ3v) is 9.38. The van der Waals surface area contributed by atoms with E-state index in [4.69, 9.17) is 9.98 Å². The molecule has 0 atom stereocenters. The van der Waals surface area contributed by atoms with Crippen molar-refractivity contribution >= 4 is 34.6 Å². The largest absolute Gasteiger partial charge is 0.252 e. The molecule has 1 aliphatic rings. The van der Waals surface area contributed by atoms with Crippen LogP contribution in [-0.4, -0.2) is 11.4 Å². The molecule has 0 bridgehead atoms. The third kappa shape index (κ3) is 4.73. The first kappa shape index (κ1) is 26.2. The smallest absolute Gasteiger partial charge is 0.0697 e. The van der Waals surface area contributed by atoms with Gasteiger partial charge >= 0.3 is 0 Å². The summed E-state index contributed by atoms with van der Waals surface area (Å²) in [6.07, 6.45) is 5.48. The molecule has 0 unspecified atom stereocenters. The molecule has 3 rings (SSSR count). The van der Waals surface area contributed by atoms with E-state index >= 15 is 0 Å². The van der Waals surface area contributed by atoms with Crippen LogP contribution in [0.3, 0.4) is 0 Å². The summed E-state index contributed by atoms with van der Waals surface area (Å²) in [5.74, 6) is 0. The summed E-state index contributed by atoms with van der Waals surface area (Å²) in [7, 11) is 0. The predicted molar refractivity (Wildman–Crippen MR) is 154 cm³/mol. The molecule has 1 aliphatic heterocycles. The van der Waals surface area contributed by atoms with Gasteiger partial charge in [-0.2, -0.15) is 0 Å². The number of allylic oxidation sites excluding steroid dienone is 4. The van der Waals surface area contributed by atoms with E-state index in [1.807, 2.05) is 0 Å². The monoisotopic (exact) mass is 472 g/mol. The highest BCUT2D eigenvalue weighted by molar-refractivity contribution is 8.08. The molecule has 2 aromatic rings. The van der Waals surface area contributed by atoms with E-state index in [1.165, 1.54) is 65.4 Å². The van der Waals surface area contributed by atoms with E-state index in [1.54, 1.807) is 11.8 Å². The molecule has 0 spiro atoms. The Kier molecular flexibility index (Phi) is 7.77. The second-order valence-corrected chi connectivity index (χ2v) is 10.9. The van der Waals surface area contributed by atoms with Crippen molar-refractivity contribution in [3.05, 3.63) is 77.6 Å². The zero-order valence-corrected chi connectivity index (χ0v) is 24.0. The van der Waals surface area contributed by atoms with Crippen molar-refractivity contribution in [3.8, 4) is 0 Å². The minimum Gasteiger partial charge on any atom is -0.252 e. The second kappa shape index (κ2) is 10.1. The van der Waals surface area contributed by atoms with Gasteiger partial charge in [0.15, 0.2) is 0 Å². The van der Waals surface area contributed by atoms with Crippen molar-refractivity contribution in [3.63, 3.8) is 0 Å². The van der Waals surface area contributed by atoms with Crippen LogP contribution in [0, 0.1) is 69.2 Å². The first-order valence-corrected chi connectivity index (χ1v) is 13.0. The van der Waals surface area contributed by atoms with Gasteiger partial charge in [0.1, 0.15) is 0 Å². The second-order valence-electron chi connectivity index (χ2n) is 9.82. The van der Waals surface area contributed by atoms with Crippen molar-refractivity contribution in [1.82, 2.24) is 0 Å². The quantitative estimate of drug-likeness (QED) is 0.406. The number of thioether (sulfide) groups is 1. The molecule has 0 aromatic heterocycles. The van der Waals surface area contributed by atoms with Gasteiger partial charge in [0.05, 0.1) is 22.8 Å². The van der Waals surface area contributed by atoms with Crippen LogP contribution in [0.15, 0.2) is 31.9 Å². The average molecular weight is 473 g/mol. The van der Waals surface area contributed by atoms with Gasteiger partial charge in [0.2, 0.25) is 0 Å². The van der Waals surface area contributed by atoms with Gasteiger partial charge in [-0.05, 0) is 145 Å². The minimum absolute atomic E-state index is 0.908. The van der Waals surface area contributed by atoms with Crippen LogP contribution in [-0.2, 0) is 0 Å². The maximum Gasteiger partial charge on any atom is 0.0697 e. The Morgan fingerprint density at radius 2 is 0.765 bits per heavy atom. The van der Waals surface area contributed by atoms with Crippen molar-refractivity contribution in [1.29, 1.82) is 0 Å². The molecule has 0 saturated carbocycles. The topological polar surface area (TPSA) is 24.7 Å². The molecule has 0 N–H and O–H groups in total. The van der Waals surface area contributed by atoms with E-state index in [0.29, 0.717) is 0 Å². The molecule has 0 radical (unpaired) electrons. The van der Waals surface area contributed by atoms with Gasteiger partial charge in [-0.25, -0.2) is 0 Å². The lowest BCUT2D eigenvalue weighted by molar-refractivity contribution is 1.16. The van der Waals surface area contributed by atoms with E-state index in [9.17, 15) is 0 Å². The maximum atomic E-state index is 5.14. The fraction of sp³-hybridized carbons (Fsp3) is 0.419. The molecule has 3 heteroatoms. The number of benzene rings is 2. The van der Waals surface area contributed by atoms with Crippen LogP contribution in [0.4, 0.5) is 11.4 Å². The van der Waals surface area contributed by atoms with Crippen LogP contribution in [0.25, 0.3) is 0 Å². The fourth-order valence-electron chi connectivity index (χ4n) is 4.66. The summed E-state index contributed by atoms with van der Waals surface area (Å²) in [6, 6.07) is 0. The van der Waals surface area contributed by atoms with E-state index in [2.05, 4.69) is 95.2 Å². The first-order chi connectivity index (χ1) is 15.9. The number of rotatable bonds is 4. The number of nitrogens with zero attached hydrogens (tertiary/aromatic N) is 2. The predicted octanol–water partition coefficient (Wildman–Crippen LogP) is 9.56. The lowest BCUT2D eigenvalue weighted by atomic mass is 9.93. The summed E-state index contributed by atoms with van der Waals surface area (Å²) in [4.78, 5) is 12.7. The van der Waals surface area contributed by atoms with Gasteiger partial charge < -0.3 is 0 Å². The Balaban J connectivity index is 1.94. The summed E-state index contributed by atoms with van der Waals surface area (Å²) in [6.45, 7) is 26.3. The van der Waals surface area contributed by atoms with Crippen LogP contribution in [0.5, 0.6) is 0 Å². The maximum absolute atomic E-state index is 5.14. The lowest BCUT2D eigenvalue weighted by Gasteiger charge is -2.19. The van der Waals surface area contributed by atoms with Crippen molar-refractivity contribution in [2.75, 3.05) is 0 Å². The molecule has 2 aromatic carbocycles. The van der Waals surface area contributed by atoms with E-state index < -0.39 is 0 Å². The van der Waals surface area contributed by atoms with Gasteiger partial charge in [-0.1, -0.05) is 23.9 Å². The molecule has 0 fully saturated rings. The number of aliphatic imine (C=N–C) groups is 2. The summed E-state index contributed by atoms with van der Waals surface area (Å²) < 4.78 is 0. The molecule has 180 valence electrons. The SMILES string of the molecule is C/C(=N\c1c(C)c(C)c(C)c(C)c1C)C1=CCC=C(/C(C)=N/c2c(C)c(C)c(C)c(C)c2C)S1. The van der Waals surface area contributed by atoms with Gasteiger partial charge in [0.25, 0.3) is 0 Å². The van der Waals surface area contributed by atoms with Crippen molar-refractivity contribution in [2.24, 2.45) is 9.98 Å². The zero-order valence-electron chi connectivity index (χ0n) is 23.2. The standard InChI is InChI=1S/C31H40N2S/c1-16-18(3)22(7)30(23(8)19(16)4)32-26(11)28-14-13-15-29(34-28)27(12)33-31-24(9)20(5)17(2)21(6)25(31)10/h14-15H,13H2,1-12H3/b32-26+,33-27+. The summed E-state index contributed by atoms with van der Waals surface area (Å²) in [5, 5.41) is 0. The highest BCUT2D eigenvalue weighted by atomic mass is 32.2. The summed E-state index contributed by atoms with van der Waals surface area (Å²) in [5.41, 5.74) is 17.7. The highest BCUT2D eigenvalue weighted by Gasteiger charge is 2.17. The third-order valence-electron chi connectivity index (χ3n) is 8.02. The average Bonchev–Trinajstić information content (AvgIpc) is 2.84. The Morgan fingerprint density at radius 3 is 1.06 bits per heavy atom. The van der Waals surface area contributed by atoms with E-state index in [-0.39, 0.29) is 0 Å². The molecule has 1 heterocycles. The lowest BCUT2D eigenvalue weighted by Crippen LogP contribution is -2.04. The number of hydrogen-bond donors (Lipinski definition) is 0. The van der Waals surface area contributed by atoms with Crippen LogP contribution in [0.1, 0.15) is 75.9 Å². The van der Waals surface area contributed by atoms with Gasteiger partial charge in [-0.15, -0.1) is 0 Å². The zero-order chi connectivity index (χ0) is 25.5. The molecular weight excluding hydrogens is 432 g/mol. The molecular formula is C31H40N2S. The molecule has 0 aliphatic carbocycles. The Hall–Kier alpha value is -2.39. The van der Waals surface area contributed by atoms with Gasteiger partial charge in [-0.3, -0.25) is 9.98 Å². The molecule has 2 nitrogen and oxygen atoms in total. The molecule has 0 amide bonds. The van der Waals surface area contributed by atoms with Crippen molar-refractivity contribution in [2.45, 2.75) is 89.5 Å². The first-order valence-electron chi connectivity index (χ1n) is 12.2. The Morgan fingerprint density at radius 1 is 0.500 bits per heavy atom. The molecule has 0 saturated heterocycles. The van der Waals surface area contributed by atoms with E-state index in [0.717, 1.165) is 29.2 Å². The summed E-state index contributed by atoms with van der Waals surface area (Å²) >= 11 is 1.79. The van der Waals surface area contributed by atoms with Gasteiger partial charge in [0, 0.05) is 9.81 Å². The normalized spacial score (nSPS) is 14.9. The molecule has 34 heavy (non-hydrogen) atoms. The van der Waals surface area contributed by atoms with Crippen LogP contribution >= 0.6 is 11.8 Å². The van der Waals surface area contributed by atoms with Crippen LogP contribution < -0.4 is 0 Å². The fourth-order valence-corrected chi connectivity index (χ4v) is 5.64. The highest BCUT2D eigenvalue weighted by Crippen LogP contribution is 2.38. The Labute approximate surface area is 211 Å². The van der Waals surface area contributed by atoms with Crippen molar-refractivity contribution < 1.29 is 0 Å². The number of hydrogen-bond acceptors (Lipinski definition) is 3. The minimum atomic E-state index is 0.908.